The topological polar surface area (TPSA) is 77.0 Å². The van der Waals surface area contributed by atoms with E-state index in [4.69, 9.17) is 9.47 Å². The molecule has 0 aliphatic rings. The first-order chi connectivity index (χ1) is 9.76. The largest absolute Gasteiger partial charge is 0.497 e. The monoisotopic (exact) mass is 292 g/mol. The van der Waals surface area contributed by atoms with Gasteiger partial charge in [-0.3, -0.25) is 5.32 Å². The number of isocyanates is 1. The van der Waals surface area contributed by atoms with Crippen LogP contribution in [0.4, 0.5) is 10.5 Å². The molecular formula is C15H20N2O4. The number of rotatable bonds is 4. The summed E-state index contributed by atoms with van der Waals surface area (Å²) in [5, 5.41) is 2.65. The Balaban J connectivity index is 3.07. The van der Waals surface area contributed by atoms with Gasteiger partial charge in [-0.25, -0.2) is 9.59 Å². The van der Waals surface area contributed by atoms with Crippen molar-refractivity contribution in [2.75, 3.05) is 12.4 Å². The van der Waals surface area contributed by atoms with Gasteiger partial charge in [0.05, 0.1) is 18.8 Å². The number of hydrogen-bond donors (Lipinski definition) is 1. The highest BCUT2D eigenvalue weighted by molar-refractivity contribution is 5.86. The number of hydrogen-bond acceptors (Lipinski definition) is 5. The van der Waals surface area contributed by atoms with E-state index in [0.29, 0.717) is 17.0 Å². The Morgan fingerprint density at radius 2 is 2.05 bits per heavy atom. The number of benzene rings is 1. The molecule has 1 amide bonds. The van der Waals surface area contributed by atoms with Crippen molar-refractivity contribution >= 4 is 17.9 Å². The van der Waals surface area contributed by atoms with Crippen LogP contribution in [-0.2, 0) is 9.53 Å². The van der Waals surface area contributed by atoms with Crippen LogP contribution >= 0.6 is 0 Å². The molecule has 0 aromatic heterocycles. The lowest BCUT2D eigenvalue weighted by molar-refractivity contribution is 0.0636. The number of methoxy groups -OCH3 is 1. The zero-order valence-corrected chi connectivity index (χ0v) is 12.9. The number of amides is 1. The van der Waals surface area contributed by atoms with Crippen molar-refractivity contribution in [2.45, 2.75) is 39.3 Å². The van der Waals surface area contributed by atoms with Gasteiger partial charge in [-0.2, -0.15) is 4.99 Å². The van der Waals surface area contributed by atoms with Gasteiger partial charge in [0.25, 0.3) is 0 Å². The van der Waals surface area contributed by atoms with E-state index >= 15 is 0 Å². The highest BCUT2D eigenvalue weighted by Gasteiger charge is 2.19. The van der Waals surface area contributed by atoms with Gasteiger partial charge in [0.15, 0.2) is 0 Å². The summed E-state index contributed by atoms with van der Waals surface area (Å²) in [7, 11) is 1.53. The predicted octanol–water partition coefficient (Wildman–Crippen LogP) is 3.44. The van der Waals surface area contributed by atoms with Gasteiger partial charge >= 0.3 is 6.09 Å². The molecule has 0 fully saturated rings. The van der Waals surface area contributed by atoms with E-state index in [9.17, 15) is 9.59 Å². The molecule has 0 spiro atoms. The maximum absolute atomic E-state index is 11.9. The summed E-state index contributed by atoms with van der Waals surface area (Å²) in [6.07, 6.45) is 0.929. The van der Waals surface area contributed by atoms with Crippen molar-refractivity contribution in [3.8, 4) is 5.75 Å². The molecule has 21 heavy (non-hydrogen) atoms. The lowest BCUT2D eigenvalue weighted by Crippen LogP contribution is -2.27. The molecule has 1 atom stereocenters. The Labute approximate surface area is 124 Å². The van der Waals surface area contributed by atoms with Crippen LogP contribution in [-0.4, -0.2) is 24.9 Å². The molecule has 1 aromatic rings. The van der Waals surface area contributed by atoms with E-state index < -0.39 is 17.7 Å². The summed E-state index contributed by atoms with van der Waals surface area (Å²) < 4.78 is 10.3. The van der Waals surface area contributed by atoms with Crippen LogP contribution in [0.1, 0.15) is 39.3 Å². The second-order valence-corrected chi connectivity index (χ2v) is 5.48. The van der Waals surface area contributed by atoms with Crippen molar-refractivity contribution in [1.82, 2.24) is 0 Å². The fourth-order valence-corrected chi connectivity index (χ4v) is 1.70. The molecule has 0 radical (unpaired) electrons. The Bertz CT molecular complexity index is 557. The first-order valence-corrected chi connectivity index (χ1v) is 6.51. The molecule has 0 bridgehead atoms. The van der Waals surface area contributed by atoms with E-state index in [1.165, 1.54) is 13.2 Å². The molecule has 1 aromatic carbocycles. The van der Waals surface area contributed by atoms with Crippen LogP contribution < -0.4 is 10.1 Å². The van der Waals surface area contributed by atoms with Crippen LogP contribution in [0.15, 0.2) is 23.2 Å². The lowest BCUT2D eigenvalue weighted by atomic mass is 10.1. The number of nitrogens with one attached hydrogen (secondary N) is 1. The van der Waals surface area contributed by atoms with Crippen LogP contribution in [0.3, 0.4) is 0 Å². The maximum atomic E-state index is 11.9. The van der Waals surface area contributed by atoms with Gasteiger partial charge in [-0.15, -0.1) is 0 Å². The summed E-state index contributed by atoms with van der Waals surface area (Å²) in [6.45, 7) is 7.06. The van der Waals surface area contributed by atoms with E-state index in [2.05, 4.69) is 10.3 Å². The zero-order valence-electron chi connectivity index (χ0n) is 12.9. The third-order valence-electron chi connectivity index (χ3n) is 2.59. The summed E-state index contributed by atoms with van der Waals surface area (Å²) in [6, 6.07) is 4.68. The minimum absolute atomic E-state index is 0.432. The SMILES string of the molecule is COc1ccc(C(C)N=C=O)c(NC(=O)OC(C)(C)C)c1. The molecule has 114 valence electrons. The minimum Gasteiger partial charge on any atom is -0.497 e. The van der Waals surface area contributed by atoms with Gasteiger partial charge < -0.3 is 9.47 Å². The quantitative estimate of drug-likeness (QED) is 0.681. The molecule has 0 aliphatic carbocycles. The minimum atomic E-state index is -0.602. The van der Waals surface area contributed by atoms with Crippen LogP contribution in [0.25, 0.3) is 0 Å². The van der Waals surface area contributed by atoms with Gasteiger partial charge in [-0.1, -0.05) is 6.07 Å². The fourth-order valence-electron chi connectivity index (χ4n) is 1.70. The van der Waals surface area contributed by atoms with E-state index in [0.717, 1.165) is 0 Å². The molecule has 1 N–H and O–H groups in total. The fraction of sp³-hybridized carbons (Fsp3) is 0.467. The summed E-state index contributed by atoms with van der Waals surface area (Å²) >= 11 is 0. The lowest BCUT2D eigenvalue weighted by Gasteiger charge is -2.21. The highest BCUT2D eigenvalue weighted by atomic mass is 16.6. The number of aliphatic imine (C=N–C) groups is 1. The van der Waals surface area contributed by atoms with E-state index in [1.54, 1.807) is 45.9 Å². The molecule has 1 unspecified atom stereocenters. The van der Waals surface area contributed by atoms with Crippen molar-refractivity contribution in [1.29, 1.82) is 0 Å². The predicted molar refractivity (Wildman–Crippen MR) is 79.4 cm³/mol. The molecule has 0 saturated carbocycles. The van der Waals surface area contributed by atoms with E-state index in [1.807, 2.05) is 0 Å². The van der Waals surface area contributed by atoms with Crippen molar-refractivity contribution in [3.63, 3.8) is 0 Å². The molecule has 1 rings (SSSR count). The molecular weight excluding hydrogens is 272 g/mol. The Kier molecular flexibility index (Phi) is 5.50. The van der Waals surface area contributed by atoms with Crippen molar-refractivity contribution in [3.05, 3.63) is 23.8 Å². The van der Waals surface area contributed by atoms with Crippen LogP contribution in [0.5, 0.6) is 5.75 Å². The van der Waals surface area contributed by atoms with Gasteiger partial charge in [-0.05, 0) is 33.8 Å². The van der Waals surface area contributed by atoms with E-state index in [-0.39, 0.29) is 0 Å². The summed E-state index contributed by atoms with van der Waals surface area (Å²) in [5.41, 5.74) is 0.551. The van der Waals surface area contributed by atoms with Gasteiger partial charge in [0.1, 0.15) is 11.4 Å². The molecule has 6 nitrogen and oxygen atoms in total. The average molecular weight is 292 g/mol. The molecule has 0 saturated heterocycles. The van der Waals surface area contributed by atoms with Crippen molar-refractivity contribution < 1.29 is 19.1 Å². The Morgan fingerprint density at radius 1 is 1.38 bits per heavy atom. The van der Waals surface area contributed by atoms with Gasteiger partial charge in [0, 0.05) is 11.6 Å². The van der Waals surface area contributed by atoms with Crippen LogP contribution in [0.2, 0.25) is 0 Å². The Morgan fingerprint density at radius 3 is 2.57 bits per heavy atom. The molecule has 0 aliphatic heterocycles. The van der Waals surface area contributed by atoms with Crippen molar-refractivity contribution in [2.24, 2.45) is 4.99 Å². The summed E-state index contributed by atoms with van der Waals surface area (Å²) in [4.78, 5) is 25.9. The molecule has 0 heterocycles. The smallest absolute Gasteiger partial charge is 0.412 e. The highest BCUT2D eigenvalue weighted by Crippen LogP contribution is 2.29. The Hall–Kier alpha value is -2.33. The number of anilines is 1. The normalized spacial score (nSPS) is 12.0. The summed E-state index contributed by atoms with van der Waals surface area (Å²) in [5.74, 6) is 0.576. The first kappa shape index (κ1) is 16.7. The number of ether oxygens (including phenoxy) is 2. The van der Waals surface area contributed by atoms with Crippen LogP contribution in [0, 0.1) is 0 Å². The second kappa shape index (κ2) is 6.90. The number of carbonyl (C=O) groups excluding carboxylic acids is 2. The standard InChI is InChI=1S/C15H20N2O4/c1-10(16-9-18)12-7-6-11(20-5)8-13(12)17-14(19)21-15(2,3)4/h6-8,10H,1-5H3,(H,17,19). The zero-order chi connectivity index (χ0) is 16.0. The first-order valence-electron chi connectivity index (χ1n) is 6.51. The molecule has 6 heteroatoms. The number of nitrogens with zero attached hydrogens (tertiary/aromatic N) is 1. The third kappa shape index (κ3) is 5.28. The maximum Gasteiger partial charge on any atom is 0.412 e. The third-order valence-corrected chi connectivity index (χ3v) is 2.59. The van der Waals surface area contributed by atoms with Gasteiger partial charge in [0.2, 0.25) is 6.08 Å². The average Bonchev–Trinajstić information content (AvgIpc) is 2.36. The second-order valence-electron chi connectivity index (χ2n) is 5.48. The number of carbonyl (C=O) groups is 1.